The Morgan fingerprint density at radius 3 is 2.30 bits per heavy atom. The standard InChI is InChI=1S/C8H16N2/c1-9-8-4-6-2-3-7(5-8)10-6/h6-10H,2-5H2,1H3/t6-,7+,8-. The summed E-state index contributed by atoms with van der Waals surface area (Å²) < 4.78 is 0. The van der Waals surface area contributed by atoms with Crippen LogP contribution in [0.4, 0.5) is 0 Å². The van der Waals surface area contributed by atoms with Crippen LogP contribution in [0, 0.1) is 0 Å². The first-order valence-corrected chi connectivity index (χ1v) is 4.32. The van der Waals surface area contributed by atoms with Gasteiger partial charge in [-0.15, -0.1) is 0 Å². The Bertz CT molecular complexity index is 112. The summed E-state index contributed by atoms with van der Waals surface area (Å²) in [6.45, 7) is 0. The molecule has 2 aliphatic rings. The van der Waals surface area contributed by atoms with Crippen LogP contribution in [0.25, 0.3) is 0 Å². The average molecular weight is 140 g/mol. The van der Waals surface area contributed by atoms with Gasteiger partial charge in [-0.1, -0.05) is 0 Å². The summed E-state index contributed by atoms with van der Waals surface area (Å²) in [5, 5.41) is 6.98. The van der Waals surface area contributed by atoms with E-state index >= 15 is 0 Å². The second-order valence-corrected chi connectivity index (χ2v) is 3.59. The molecule has 0 aromatic rings. The molecule has 2 heteroatoms. The zero-order chi connectivity index (χ0) is 6.97. The van der Waals surface area contributed by atoms with Gasteiger partial charge in [-0.05, 0) is 32.7 Å². The van der Waals surface area contributed by atoms with Crippen LogP contribution >= 0.6 is 0 Å². The van der Waals surface area contributed by atoms with E-state index in [1.54, 1.807) is 0 Å². The minimum atomic E-state index is 0.791. The molecule has 0 radical (unpaired) electrons. The molecule has 2 heterocycles. The molecule has 2 fully saturated rings. The van der Waals surface area contributed by atoms with E-state index < -0.39 is 0 Å². The Hall–Kier alpha value is -0.0800. The Morgan fingerprint density at radius 1 is 1.20 bits per heavy atom. The second-order valence-electron chi connectivity index (χ2n) is 3.59. The summed E-state index contributed by atoms with van der Waals surface area (Å²) in [6.07, 6.45) is 5.49. The third-order valence-corrected chi connectivity index (χ3v) is 2.88. The third kappa shape index (κ3) is 1.06. The molecule has 0 aromatic heterocycles. The van der Waals surface area contributed by atoms with Crippen LogP contribution in [0.2, 0.25) is 0 Å². The predicted molar refractivity (Wildman–Crippen MR) is 42.0 cm³/mol. The highest BCUT2D eigenvalue weighted by atomic mass is 15.0. The number of fused-ring (bicyclic) bond motifs is 2. The molecular formula is C8H16N2. The number of hydrogen-bond donors (Lipinski definition) is 2. The molecule has 3 atom stereocenters. The van der Waals surface area contributed by atoms with Gasteiger partial charge in [0.15, 0.2) is 0 Å². The molecule has 2 rings (SSSR count). The van der Waals surface area contributed by atoms with Crippen molar-refractivity contribution in [1.82, 2.24) is 10.6 Å². The molecule has 0 unspecified atom stereocenters. The fraction of sp³-hybridized carbons (Fsp3) is 1.00. The van der Waals surface area contributed by atoms with Crippen LogP contribution in [0.5, 0.6) is 0 Å². The molecule has 2 saturated heterocycles. The van der Waals surface area contributed by atoms with Gasteiger partial charge in [0, 0.05) is 18.1 Å². The van der Waals surface area contributed by atoms with Gasteiger partial charge in [0.25, 0.3) is 0 Å². The van der Waals surface area contributed by atoms with E-state index in [1.165, 1.54) is 25.7 Å². The molecule has 2 bridgehead atoms. The van der Waals surface area contributed by atoms with Crippen LogP contribution in [-0.2, 0) is 0 Å². The molecule has 0 aliphatic carbocycles. The Balaban J connectivity index is 1.96. The number of nitrogens with one attached hydrogen (secondary N) is 2. The average Bonchev–Trinajstić information content (AvgIpc) is 2.30. The van der Waals surface area contributed by atoms with Gasteiger partial charge in [-0.3, -0.25) is 0 Å². The molecule has 0 spiro atoms. The molecular weight excluding hydrogens is 124 g/mol. The Labute approximate surface area is 62.4 Å². The summed E-state index contributed by atoms with van der Waals surface area (Å²) in [6, 6.07) is 2.45. The molecule has 2 aliphatic heterocycles. The monoisotopic (exact) mass is 140 g/mol. The SMILES string of the molecule is CN[C@@H]1C[C@H]2CC[C@@H](C1)N2. The highest BCUT2D eigenvalue weighted by molar-refractivity contribution is 4.94. The first-order chi connectivity index (χ1) is 4.88. The normalized spacial score (nSPS) is 45.9. The number of piperidine rings is 1. The van der Waals surface area contributed by atoms with E-state index in [4.69, 9.17) is 0 Å². The van der Waals surface area contributed by atoms with Crippen LogP contribution < -0.4 is 10.6 Å². The van der Waals surface area contributed by atoms with Gasteiger partial charge in [0.1, 0.15) is 0 Å². The molecule has 0 amide bonds. The fourth-order valence-electron chi connectivity index (χ4n) is 2.29. The van der Waals surface area contributed by atoms with Crippen LogP contribution in [0.3, 0.4) is 0 Å². The molecule has 0 aromatic carbocycles. The van der Waals surface area contributed by atoms with Crippen molar-refractivity contribution in [1.29, 1.82) is 0 Å². The van der Waals surface area contributed by atoms with Crippen LogP contribution in [-0.4, -0.2) is 25.2 Å². The van der Waals surface area contributed by atoms with Gasteiger partial charge in [-0.25, -0.2) is 0 Å². The minimum Gasteiger partial charge on any atom is -0.317 e. The maximum absolute atomic E-state index is 3.61. The lowest BCUT2D eigenvalue weighted by Gasteiger charge is -2.28. The van der Waals surface area contributed by atoms with Crippen molar-refractivity contribution >= 4 is 0 Å². The zero-order valence-corrected chi connectivity index (χ0v) is 6.56. The lowest BCUT2D eigenvalue weighted by Crippen LogP contribution is -2.45. The molecule has 2 N–H and O–H groups in total. The highest BCUT2D eigenvalue weighted by Gasteiger charge is 2.32. The van der Waals surface area contributed by atoms with Crippen LogP contribution in [0.1, 0.15) is 25.7 Å². The maximum atomic E-state index is 3.61. The van der Waals surface area contributed by atoms with E-state index in [2.05, 4.69) is 17.7 Å². The van der Waals surface area contributed by atoms with Crippen molar-refractivity contribution in [3.8, 4) is 0 Å². The van der Waals surface area contributed by atoms with Gasteiger partial charge in [0.2, 0.25) is 0 Å². The van der Waals surface area contributed by atoms with E-state index in [-0.39, 0.29) is 0 Å². The lowest BCUT2D eigenvalue weighted by atomic mass is 10.0. The summed E-state index contributed by atoms with van der Waals surface area (Å²) in [4.78, 5) is 0. The topological polar surface area (TPSA) is 24.1 Å². The largest absolute Gasteiger partial charge is 0.317 e. The summed E-state index contributed by atoms with van der Waals surface area (Å²) in [5.41, 5.74) is 0. The van der Waals surface area contributed by atoms with E-state index in [9.17, 15) is 0 Å². The minimum absolute atomic E-state index is 0.791. The summed E-state index contributed by atoms with van der Waals surface area (Å²) in [7, 11) is 2.08. The van der Waals surface area contributed by atoms with Crippen molar-refractivity contribution in [2.24, 2.45) is 0 Å². The smallest absolute Gasteiger partial charge is 0.00936 e. The molecule has 2 nitrogen and oxygen atoms in total. The molecule has 0 saturated carbocycles. The maximum Gasteiger partial charge on any atom is 0.00936 e. The van der Waals surface area contributed by atoms with Crippen molar-refractivity contribution in [3.05, 3.63) is 0 Å². The van der Waals surface area contributed by atoms with Crippen molar-refractivity contribution in [2.75, 3.05) is 7.05 Å². The van der Waals surface area contributed by atoms with Gasteiger partial charge >= 0.3 is 0 Å². The fourth-order valence-corrected chi connectivity index (χ4v) is 2.29. The van der Waals surface area contributed by atoms with Crippen LogP contribution in [0.15, 0.2) is 0 Å². The number of hydrogen-bond acceptors (Lipinski definition) is 2. The van der Waals surface area contributed by atoms with E-state index in [0.717, 1.165) is 18.1 Å². The van der Waals surface area contributed by atoms with Crippen molar-refractivity contribution < 1.29 is 0 Å². The molecule has 58 valence electrons. The zero-order valence-electron chi connectivity index (χ0n) is 6.56. The van der Waals surface area contributed by atoms with Gasteiger partial charge in [-0.2, -0.15) is 0 Å². The Kier molecular flexibility index (Phi) is 1.66. The Morgan fingerprint density at radius 2 is 1.80 bits per heavy atom. The van der Waals surface area contributed by atoms with Crippen molar-refractivity contribution in [3.63, 3.8) is 0 Å². The van der Waals surface area contributed by atoms with E-state index in [0.29, 0.717) is 0 Å². The first-order valence-electron chi connectivity index (χ1n) is 4.32. The summed E-state index contributed by atoms with van der Waals surface area (Å²) >= 11 is 0. The number of rotatable bonds is 1. The third-order valence-electron chi connectivity index (χ3n) is 2.88. The molecule has 10 heavy (non-hydrogen) atoms. The lowest BCUT2D eigenvalue weighted by molar-refractivity contribution is 0.331. The quantitative estimate of drug-likeness (QED) is 0.554. The first kappa shape index (κ1) is 6.62. The van der Waals surface area contributed by atoms with E-state index in [1.807, 2.05) is 0 Å². The van der Waals surface area contributed by atoms with Crippen molar-refractivity contribution in [2.45, 2.75) is 43.8 Å². The predicted octanol–water partition coefficient (Wildman–Crippen LogP) is 0.489. The van der Waals surface area contributed by atoms with Gasteiger partial charge in [0.05, 0.1) is 0 Å². The summed E-state index contributed by atoms with van der Waals surface area (Å²) in [5.74, 6) is 0. The second kappa shape index (κ2) is 2.51. The van der Waals surface area contributed by atoms with Gasteiger partial charge < -0.3 is 10.6 Å². The highest BCUT2D eigenvalue weighted by Crippen LogP contribution is 2.26.